The summed E-state index contributed by atoms with van der Waals surface area (Å²) in [6.07, 6.45) is 10.9. The Morgan fingerprint density at radius 3 is 2.37 bits per heavy atom. The topological polar surface area (TPSA) is 80.3 Å². The highest BCUT2D eigenvalue weighted by Gasteiger charge is 2.59. The minimum Gasteiger partial charge on any atom is -0.359 e. The molecule has 0 amide bonds. The molecule has 0 N–H and O–H groups in total. The van der Waals surface area contributed by atoms with Crippen molar-refractivity contribution >= 4 is 10.1 Å². The monoisotopic (exact) mass is 588 g/mol. The Morgan fingerprint density at radius 2 is 1.66 bits per heavy atom. The Bertz CT molecular complexity index is 1240. The highest BCUT2D eigenvalue weighted by atomic mass is 32.2. The van der Waals surface area contributed by atoms with Crippen molar-refractivity contribution in [2.45, 2.75) is 83.3 Å². The van der Waals surface area contributed by atoms with Gasteiger partial charge in [0.25, 0.3) is 10.1 Å². The van der Waals surface area contributed by atoms with E-state index in [9.17, 15) is 8.42 Å². The van der Waals surface area contributed by atoms with Crippen molar-refractivity contribution < 1.29 is 31.5 Å². The maximum atomic E-state index is 12.9. The van der Waals surface area contributed by atoms with Crippen LogP contribution < -0.4 is 0 Å². The summed E-state index contributed by atoms with van der Waals surface area (Å²) >= 11 is 0. The number of hydrogen-bond donors (Lipinski definition) is 0. The van der Waals surface area contributed by atoms with E-state index in [2.05, 4.69) is 32.9 Å². The van der Waals surface area contributed by atoms with Gasteiger partial charge in [0.1, 0.15) is 13.6 Å². The third-order valence-electron chi connectivity index (χ3n) is 11.0. The first-order valence-corrected chi connectivity index (χ1v) is 16.5. The predicted molar refractivity (Wildman–Crippen MR) is 158 cm³/mol. The number of fused-ring (bicyclic) bond motifs is 5. The molecule has 0 spiro atoms. The molecule has 0 radical (unpaired) electrons. The van der Waals surface area contributed by atoms with Gasteiger partial charge in [-0.2, -0.15) is 8.42 Å². The molecular formula is C33H48O7S. The van der Waals surface area contributed by atoms with Crippen LogP contribution in [0.5, 0.6) is 0 Å². The molecule has 0 aromatic heterocycles. The summed E-state index contributed by atoms with van der Waals surface area (Å²) in [7, 11) is -0.444. The van der Waals surface area contributed by atoms with Gasteiger partial charge in [-0.1, -0.05) is 61.8 Å². The zero-order valence-electron chi connectivity index (χ0n) is 25.6. The average Bonchev–Trinajstić information content (AvgIpc) is 3.31. The molecule has 0 aliphatic heterocycles. The SMILES string of the molecule is COCOC1CC2=CC=C3[C@@H]4CC[C@H](C(C)COS(=O)(=O)c5ccc(C)cc5)[C@@]4(C)CC[C@@H]3[C@@]2(C)C(OCOC)C1. The van der Waals surface area contributed by atoms with E-state index < -0.39 is 10.1 Å². The van der Waals surface area contributed by atoms with Crippen LogP contribution in [0.15, 0.2) is 52.5 Å². The Balaban J connectivity index is 1.33. The summed E-state index contributed by atoms with van der Waals surface area (Å²) in [4.78, 5) is 0.224. The molecule has 4 aliphatic rings. The van der Waals surface area contributed by atoms with Crippen LogP contribution in [0.2, 0.25) is 0 Å². The third-order valence-corrected chi connectivity index (χ3v) is 12.3. The number of hydrogen-bond acceptors (Lipinski definition) is 7. The summed E-state index contributed by atoms with van der Waals surface area (Å²) < 4.78 is 54.4. The average molecular weight is 589 g/mol. The highest BCUT2D eigenvalue weighted by molar-refractivity contribution is 7.86. The molecule has 4 aliphatic carbocycles. The summed E-state index contributed by atoms with van der Waals surface area (Å²) in [5.74, 6) is 1.43. The van der Waals surface area contributed by atoms with E-state index in [0.29, 0.717) is 17.8 Å². The molecule has 41 heavy (non-hydrogen) atoms. The Labute approximate surface area is 246 Å². The quantitative estimate of drug-likeness (QED) is 0.218. The lowest BCUT2D eigenvalue weighted by molar-refractivity contribution is -0.163. The second-order valence-corrected chi connectivity index (χ2v) is 14.8. The van der Waals surface area contributed by atoms with Gasteiger partial charge in [-0.15, -0.1) is 0 Å². The van der Waals surface area contributed by atoms with Crippen LogP contribution in [-0.4, -0.2) is 55.0 Å². The first kappa shape index (κ1) is 30.9. The molecule has 3 saturated carbocycles. The van der Waals surface area contributed by atoms with Crippen molar-refractivity contribution in [2.75, 3.05) is 34.4 Å². The van der Waals surface area contributed by atoms with E-state index in [-0.39, 0.29) is 54.0 Å². The second-order valence-electron chi connectivity index (χ2n) is 13.2. The molecule has 5 rings (SSSR count). The maximum Gasteiger partial charge on any atom is 0.296 e. The number of methoxy groups -OCH3 is 2. The van der Waals surface area contributed by atoms with Gasteiger partial charge in [0, 0.05) is 26.1 Å². The molecule has 0 heterocycles. The van der Waals surface area contributed by atoms with E-state index in [1.807, 2.05) is 19.1 Å². The van der Waals surface area contributed by atoms with E-state index in [1.165, 1.54) is 5.57 Å². The van der Waals surface area contributed by atoms with E-state index in [0.717, 1.165) is 44.1 Å². The van der Waals surface area contributed by atoms with Gasteiger partial charge in [-0.25, -0.2) is 0 Å². The molecule has 1 aromatic rings. The van der Waals surface area contributed by atoms with Crippen LogP contribution >= 0.6 is 0 Å². The van der Waals surface area contributed by atoms with Gasteiger partial charge in [0.05, 0.1) is 23.7 Å². The second kappa shape index (κ2) is 12.2. The molecule has 8 atom stereocenters. The molecule has 3 unspecified atom stereocenters. The number of aryl methyl sites for hydroxylation is 1. The molecular weight excluding hydrogens is 540 g/mol. The van der Waals surface area contributed by atoms with Gasteiger partial charge < -0.3 is 18.9 Å². The van der Waals surface area contributed by atoms with Gasteiger partial charge in [-0.05, 0) is 80.2 Å². The van der Waals surface area contributed by atoms with E-state index in [4.69, 9.17) is 23.1 Å². The smallest absolute Gasteiger partial charge is 0.296 e. The van der Waals surface area contributed by atoms with Crippen LogP contribution in [0.25, 0.3) is 0 Å². The Morgan fingerprint density at radius 1 is 0.951 bits per heavy atom. The van der Waals surface area contributed by atoms with Crippen LogP contribution in [0, 0.1) is 41.4 Å². The van der Waals surface area contributed by atoms with Crippen LogP contribution in [0.1, 0.15) is 64.9 Å². The lowest BCUT2D eigenvalue weighted by Gasteiger charge is -2.57. The summed E-state index contributed by atoms with van der Waals surface area (Å²) in [5, 5.41) is 0. The first-order valence-electron chi connectivity index (χ1n) is 15.1. The minimum atomic E-state index is -3.78. The van der Waals surface area contributed by atoms with E-state index >= 15 is 0 Å². The van der Waals surface area contributed by atoms with Crippen LogP contribution in [-0.2, 0) is 33.2 Å². The van der Waals surface area contributed by atoms with Crippen molar-refractivity contribution in [2.24, 2.45) is 34.5 Å². The highest BCUT2D eigenvalue weighted by Crippen LogP contribution is 2.66. The predicted octanol–water partition coefficient (Wildman–Crippen LogP) is 6.42. The Kier molecular flexibility index (Phi) is 9.20. The van der Waals surface area contributed by atoms with Crippen LogP contribution in [0.4, 0.5) is 0 Å². The molecule has 0 bridgehead atoms. The van der Waals surface area contributed by atoms with Crippen molar-refractivity contribution in [3.05, 3.63) is 53.1 Å². The van der Waals surface area contributed by atoms with Gasteiger partial charge in [-0.3, -0.25) is 4.18 Å². The van der Waals surface area contributed by atoms with Gasteiger partial charge in [0.2, 0.25) is 0 Å². The minimum absolute atomic E-state index is 0.00105. The van der Waals surface area contributed by atoms with Crippen molar-refractivity contribution in [3.8, 4) is 0 Å². The third kappa shape index (κ3) is 5.73. The normalized spacial score (nSPS) is 35.6. The van der Waals surface area contributed by atoms with Crippen molar-refractivity contribution in [1.29, 1.82) is 0 Å². The standard InChI is InChI=1S/C33H48O7S/c1-22-7-10-26(11-8-22)41(34,35)40-19-23(2)28-13-14-29-27-12-9-24-17-25(38-20-36-5)18-31(39-21-37-6)33(24,4)30(27)15-16-32(28,29)3/h7-12,23,25,28-31H,13-21H2,1-6H3/t23?,25?,28-,29+,30+,31?,32-,33+/m1/s1. The zero-order valence-corrected chi connectivity index (χ0v) is 26.4. The fourth-order valence-electron chi connectivity index (χ4n) is 8.75. The lowest BCUT2D eigenvalue weighted by atomic mass is 9.49. The number of rotatable bonds is 11. The molecule has 3 fully saturated rings. The first-order chi connectivity index (χ1) is 19.5. The number of allylic oxidation sites excluding steroid dienone is 3. The molecule has 1 aromatic carbocycles. The van der Waals surface area contributed by atoms with Crippen LogP contribution in [0.3, 0.4) is 0 Å². The summed E-state index contributed by atoms with van der Waals surface area (Å²) in [6, 6.07) is 6.87. The largest absolute Gasteiger partial charge is 0.359 e. The lowest BCUT2D eigenvalue weighted by Crippen LogP contribution is -2.53. The fourth-order valence-corrected chi connectivity index (χ4v) is 9.75. The molecule has 7 nitrogen and oxygen atoms in total. The fraction of sp³-hybridized carbons (Fsp3) is 0.697. The van der Waals surface area contributed by atoms with E-state index in [1.54, 1.807) is 31.9 Å². The van der Waals surface area contributed by atoms with Crippen molar-refractivity contribution in [3.63, 3.8) is 0 Å². The number of ether oxygens (including phenoxy) is 4. The van der Waals surface area contributed by atoms with Gasteiger partial charge in [0.15, 0.2) is 0 Å². The molecule has 8 heteroatoms. The molecule has 0 saturated heterocycles. The number of benzene rings is 1. The van der Waals surface area contributed by atoms with Gasteiger partial charge >= 0.3 is 0 Å². The Hall–Kier alpha value is -1.55. The zero-order chi connectivity index (χ0) is 29.4. The summed E-state index contributed by atoms with van der Waals surface area (Å²) in [6.45, 7) is 9.70. The van der Waals surface area contributed by atoms with Crippen molar-refractivity contribution in [1.82, 2.24) is 0 Å². The molecule has 228 valence electrons. The summed E-state index contributed by atoms with van der Waals surface area (Å²) in [5.41, 5.74) is 3.99. The maximum absolute atomic E-state index is 12.9.